The van der Waals surface area contributed by atoms with Gasteiger partial charge in [-0.1, -0.05) is 12.1 Å². The fourth-order valence-corrected chi connectivity index (χ4v) is 5.03. The number of carbonyl (C=O) groups is 2. The number of halogens is 1. The summed E-state index contributed by atoms with van der Waals surface area (Å²) in [6.45, 7) is 1.96. The van der Waals surface area contributed by atoms with Gasteiger partial charge in [-0.05, 0) is 49.1 Å². The summed E-state index contributed by atoms with van der Waals surface area (Å²) in [7, 11) is 4.62. The van der Waals surface area contributed by atoms with Crippen LogP contribution in [0.3, 0.4) is 0 Å². The van der Waals surface area contributed by atoms with Gasteiger partial charge in [0, 0.05) is 32.1 Å². The van der Waals surface area contributed by atoms with Gasteiger partial charge >= 0.3 is 0 Å². The van der Waals surface area contributed by atoms with Crippen molar-refractivity contribution < 1.29 is 28.2 Å². The Morgan fingerprint density at radius 1 is 0.882 bits per heavy atom. The van der Waals surface area contributed by atoms with Crippen LogP contribution in [-0.4, -0.2) is 69.1 Å². The van der Waals surface area contributed by atoms with Gasteiger partial charge in [0.05, 0.1) is 32.8 Å². The number of nitrogens with zero attached hydrogens (tertiary/aromatic N) is 2. The summed E-state index contributed by atoms with van der Waals surface area (Å²) < 4.78 is 30.9. The highest BCUT2D eigenvalue weighted by Crippen LogP contribution is 2.44. The first-order valence-corrected chi connectivity index (χ1v) is 11.6. The number of amides is 2. The Bertz CT molecular complexity index is 1030. The minimum atomic E-state index is -0.567. The molecule has 2 aliphatic heterocycles. The van der Waals surface area contributed by atoms with E-state index in [2.05, 4.69) is 0 Å². The van der Waals surface area contributed by atoms with Crippen molar-refractivity contribution in [2.45, 2.75) is 25.2 Å². The number of ether oxygens (including phenoxy) is 3. The lowest BCUT2D eigenvalue weighted by atomic mass is 9.87. The quantitative estimate of drug-likeness (QED) is 0.644. The van der Waals surface area contributed by atoms with Crippen LogP contribution in [0.4, 0.5) is 4.39 Å². The normalized spacial score (nSPS) is 20.2. The van der Waals surface area contributed by atoms with Crippen molar-refractivity contribution >= 4 is 11.8 Å². The van der Waals surface area contributed by atoms with Crippen molar-refractivity contribution in [1.82, 2.24) is 9.80 Å². The van der Waals surface area contributed by atoms with Gasteiger partial charge in [-0.25, -0.2) is 4.39 Å². The van der Waals surface area contributed by atoms with E-state index in [0.717, 1.165) is 37.9 Å². The highest BCUT2D eigenvalue weighted by molar-refractivity contribution is 5.95. The molecule has 4 rings (SSSR count). The Morgan fingerprint density at radius 3 is 2.12 bits per heavy atom. The van der Waals surface area contributed by atoms with E-state index in [1.54, 1.807) is 31.3 Å². The molecule has 0 aromatic heterocycles. The lowest BCUT2D eigenvalue weighted by molar-refractivity contribution is -0.136. The van der Waals surface area contributed by atoms with Gasteiger partial charge in [0.15, 0.2) is 11.5 Å². The molecule has 7 nitrogen and oxygen atoms in total. The molecule has 0 aliphatic carbocycles. The van der Waals surface area contributed by atoms with Crippen molar-refractivity contribution in [3.8, 4) is 17.2 Å². The summed E-state index contributed by atoms with van der Waals surface area (Å²) in [5.41, 5.74) is 0.825. The molecule has 2 aliphatic rings. The number of rotatable bonds is 6. The molecular weight excluding hydrogens is 439 g/mol. The van der Waals surface area contributed by atoms with Gasteiger partial charge in [-0.2, -0.15) is 0 Å². The van der Waals surface area contributed by atoms with E-state index in [1.165, 1.54) is 19.2 Å². The summed E-state index contributed by atoms with van der Waals surface area (Å²) in [6, 6.07) is 9.61. The second kappa shape index (κ2) is 10.3. The number of carbonyl (C=O) groups excluding carboxylic acids is 2. The molecule has 182 valence electrons. The van der Waals surface area contributed by atoms with Crippen LogP contribution in [-0.2, 0) is 4.79 Å². The Kier molecular flexibility index (Phi) is 7.24. The summed E-state index contributed by atoms with van der Waals surface area (Å²) in [5, 5.41) is 0. The Balaban J connectivity index is 1.71. The Labute approximate surface area is 199 Å². The third-order valence-electron chi connectivity index (χ3n) is 6.81. The average molecular weight is 471 g/mol. The van der Waals surface area contributed by atoms with Gasteiger partial charge in [0.25, 0.3) is 5.91 Å². The third kappa shape index (κ3) is 4.54. The van der Waals surface area contributed by atoms with Crippen molar-refractivity contribution in [1.29, 1.82) is 0 Å². The standard InChI is InChI=1S/C26H31FN2O5/c1-32-22-13-17(14-23(33-2)24(22)34-3)19-15-29(25(30)18-9-5-6-10-21(18)27)16-20(19)26(31)28-11-7-4-8-12-28/h5-6,9-10,13-14,19-20H,4,7-8,11-12,15-16H2,1-3H3/t19-,20-/m1/s1. The molecule has 2 saturated heterocycles. The van der Waals surface area contributed by atoms with E-state index in [4.69, 9.17) is 14.2 Å². The van der Waals surface area contributed by atoms with E-state index in [9.17, 15) is 14.0 Å². The SMILES string of the molecule is COc1cc([C@H]2CN(C(=O)c3ccccc3F)C[C@H]2C(=O)N2CCCCC2)cc(OC)c1OC. The number of piperidine rings is 1. The topological polar surface area (TPSA) is 68.3 Å². The highest BCUT2D eigenvalue weighted by Gasteiger charge is 2.43. The molecule has 2 heterocycles. The molecule has 0 unspecified atom stereocenters. The summed E-state index contributed by atoms with van der Waals surface area (Å²) in [5.74, 6) is -0.255. The molecule has 8 heteroatoms. The molecule has 0 radical (unpaired) electrons. The fourth-order valence-electron chi connectivity index (χ4n) is 5.03. The molecule has 2 atom stereocenters. The first-order valence-electron chi connectivity index (χ1n) is 11.6. The maximum absolute atomic E-state index is 14.4. The number of likely N-dealkylation sites (tertiary alicyclic amines) is 2. The van der Waals surface area contributed by atoms with Crippen LogP contribution in [0.2, 0.25) is 0 Å². The molecule has 2 aromatic rings. The first kappa shape index (κ1) is 23.9. The van der Waals surface area contributed by atoms with E-state index in [0.29, 0.717) is 17.2 Å². The number of hydrogen-bond donors (Lipinski definition) is 0. The van der Waals surface area contributed by atoms with E-state index < -0.39 is 17.6 Å². The molecular formula is C26H31FN2O5. The zero-order valence-corrected chi connectivity index (χ0v) is 19.9. The van der Waals surface area contributed by atoms with Crippen molar-refractivity contribution in [3.05, 3.63) is 53.3 Å². The number of hydrogen-bond acceptors (Lipinski definition) is 5. The molecule has 34 heavy (non-hydrogen) atoms. The monoisotopic (exact) mass is 470 g/mol. The summed E-state index contributed by atoms with van der Waals surface area (Å²) in [4.78, 5) is 30.3. The number of methoxy groups -OCH3 is 3. The Hall–Kier alpha value is -3.29. The maximum atomic E-state index is 14.4. The van der Waals surface area contributed by atoms with Gasteiger partial charge in [-0.15, -0.1) is 0 Å². The van der Waals surface area contributed by atoms with Gasteiger partial charge in [-0.3, -0.25) is 9.59 Å². The zero-order chi connectivity index (χ0) is 24.2. The van der Waals surface area contributed by atoms with Crippen LogP contribution in [0.5, 0.6) is 17.2 Å². The minimum Gasteiger partial charge on any atom is -0.493 e. The number of benzene rings is 2. The molecule has 2 fully saturated rings. The maximum Gasteiger partial charge on any atom is 0.256 e. The van der Waals surface area contributed by atoms with Crippen molar-refractivity contribution in [3.63, 3.8) is 0 Å². The van der Waals surface area contributed by atoms with E-state index in [1.807, 2.05) is 17.0 Å². The van der Waals surface area contributed by atoms with Crippen LogP contribution in [0.25, 0.3) is 0 Å². The molecule has 2 aromatic carbocycles. The summed E-state index contributed by atoms with van der Waals surface area (Å²) >= 11 is 0. The molecule has 2 amide bonds. The van der Waals surface area contributed by atoms with Gasteiger partial charge in [0.2, 0.25) is 11.7 Å². The molecule has 0 N–H and O–H groups in total. The van der Waals surface area contributed by atoms with Crippen molar-refractivity contribution in [2.75, 3.05) is 47.5 Å². The van der Waals surface area contributed by atoms with Crippen molar-refractivity contribution in [2.24, 2.45) is 5.92 Å². The van der Waals surface area contributed by atoms with Gasteiger partial charge in [0.1, 0.15) is 5.82 Å². The second-order valence-electron chi connectivity index (χ2n) is 8.75. The lowest BCUT2D eigenvalue weighted by Gasteiger charge is -2.31. The van der Waals surface area contributed by atoms with Gasteiger partial charge < -0.3 is 24.0 Å². The lowest BCUT2D eigenvalue weighted by Crippen LogP contribution is -2.42. The van der Waals surface area contributed by atoms with E-state index in [-0.39, 0.29) is 30.5 Å². The summed E-state index contributed by atoms with van der Waals surface area (Å²) in [6.07, 6.45) is 3.07. The Morgan fingerprint density at radius 2 is 1.53 bits per heavy atom. The highest BCUT2D eigenvalue weighted by atomic mass is 19.1. The van der Waals surface area contributed by atoms with Crippen LogP contribution < -0.4 is 14.2 Å². The largest absolute Gasteiger partial charge is 0.493 e. The molecule has 0 saturated carbocycles. The first-order chi connectivity index (χ1) is 16.5. The fraction of sp³-hybridized carbons (Fsp3) is 0.462. The third-order valence-corrected chi connectivity index (χ3v) is 6.81. The smallest absolute Gasteiger partial charge is 0.256 e. The van der Waals surface area contributed by atoms with Crippen LogP contribution in [0, 0.1) is 11.7 Å². The minimum absolute atomic E-state index is 0.0113. The van der Waals surface area contributed by atoms with Crippen LogP contribution >= 0.6 is 0 Å². The molecule has 0 spiro atoms. The van der Waals surface area contributed by atoms with Crippen LogP contribution in [0.1, 0.15) is 41.1 Å². The zero-order valence-electron chi connectivity index (χ0n) is 19.9. The predicted molar refractivity (Wildman–Crippen MR) is 125 cm³/mol. The van der Waals surface area contributed by atoms with E-state index >= 15 is 0 Å². The average Bonchev–Trinajstić information content (AvgIpc) is 3.33. The second-order valence-corrected chi connectivity index (χ2v) is 8.75. The molecule has 0 bridgehead atoms. The van der Waals surface area contributed by atoms with Crippen LogP contribution in [0.15, 0.2) is 36.4 Å². The predicted octanol–water partition coefficient (Wildman–Crippen LogP) is 3.72.